The molecule has 0 fully saturated rings. The van der Waals surface area contributed by atoms with E-state index in [9.17, 15) is 8.76 Å². The van der Waals surface area contributed by atoms with Gasteiger partial charge in [-0.1, -0.05) is 12.1 Å². The Kier molecular flexibility index (Phi) is 5.24. The van der Waals surface area contributed by atoms with E-state index in [1.54, 1.807) is 18.2 Å². The molecule has 0 aromatic heterocycles. The van der Waals surface area contributed by atoms with Gasteiger partial charge in [0.05, 0.1) is 31.7 Å². The zero-order valence-electron chi connectivity index (χ0n) is 9.10. The molecule has 0 heterocycles. The van der Waals surface area contributed by atoms with Gasteiger partial charge in [-0.15, -0.1) is 0 Å². The number of hydrogen-bond acceptors (Lipinski definition) is 5. The minimum Gasteiger partial charge on any atom is -0.750 e. The molecule has 0 N–H and O–H groups in total. The van der Waals surface area contributed by atoms with Crippen LogP contribution in [0.4, 0.5) is 0 Å². The van der Waals surface area contributed by atoms with Crippen LogP contribution in [0, 0.1) is 0 Å². The topological polar surface area (TPSA) is 67.8 Å². The molecule has 90 valence electrons. The summed E-state index contributed by atoms with van der Waals surface area (Å²) in [6.07, 6.45) is 0. The van der Waals surface area contributed by atoms with Gasteiger partial charge in [0.1, 0.15) is 0 Å². The quantitative estimate of drug-likeness (QED) is 0.709. The lowest BCUT2D eigenvalue weighted by Gasteiger charge is -2.14. The molecule has 0 saturated carbocycles. The van der Waals surface area contributed by atoms with Crippen molar-refractivity contribution >= 4 is 11.4 Å². The lowest BCUT2D eigenvalue weighted by atomic mass is 10.2. The van der Waals surface area contributed by atoms with Gasteiger partial charge in [-0.3, -0.25) is 4.18 Å². The largest absolute Gasteiger partial charge is 0.750 e. The van der Waals surface area contributed by atoms with Crippen molar-refractivity contribution in [1.29, 1.82) is 0 Å². The zero-order chi connectivity index (χ0) is 12.0. The van der Waals surface area contributed by atoms with E-state index in [1.807, 2.05) is 6.92 Å². The van der Waals surface area contributed by atoms with Crippen molar-refractivity contribution < 1.29 is 22.4 Å². The molecule has 0 spiro atoms. The Morgan fingerprint density at radius 3 is 2.75 bits per heavy atom. The molecule has 0 saturated heterocycles. The lowest BCUT2D eigenvalue weighted by Crippen LogP contribution is -2.02. The smallest absolute Gasteiger partial charge is 0.166 e. The third-order valence-corrected chi connectivity index (χ3v) is 2.19. The van der Waals surface area contributed by atoms with Crippen LogP contribution in [0.15, 0.2) is 18.2 Å². The molecule has 0 radical (unpaired) electrons. The average Bonchev–Trinajstić information content (AvgIpc) is 2.27. The van der Waals surface area contributed by atoms with Gasteiger partial charge in [0, 0.05) is 5.56 Å². The van der Waals surface area contributed by atoms with Crippen LogP contribution >= 0.6 is 0 Å². The number of hydrogen-bond donors (Lipinski definition) is 0. The normalized spacial score (nSPS) is 12.2. The van der Waals surface area contributed by atoms with Crippen LogP contribution in [0.3, 0.4) is 0 Å². The molecule has 0 aliphatic heterocycles. The number of methoxy groups -OCH3 is 1. The van der Waals surface area contributed by atoms with Crippen LogP contribution in [0.25, 0.3) is 0 Å². The van der Waals surface area contributed by atoms with Gasteiger partial charge in [0.15, 0.2) is 11.5 Å². The van der Waals surface area contributed by atoms with Crippen LogP contribution in [-0.2, 0) is 22.2 Å². The fourth-order valence-corrected chi connectivity index (χ4v) is 1.48. The van der Waals surface area contributed by atoms with E-state index in [2.05, 4.69) is 4.18 Å². The van der Waals surface area contributed by atoms with Crippen molar-refractivity contribution in [3.05, 3.63) is 23.8 Å². The van der Waals surface area contributed by atoms with Gasteiger partial charge >= 0.3 is 0 Å². The summed E-state index contributed by atoms with van der Waals surface area (Å²) in [4.78, 5) is 0. The Bertz CT molecular complexity index is 366. The molecule has 0 aliphatic rings. The Balaban J connectivity index is 2.92. The van der Waals surface area contributed by atoms with Crippen molar-refractivity contribution in [1.82, 2.24) is 0 Å². The summed E-state index contributed by atoms with van der Waals surface area (Å²) in [6, 6.07) is 5.21. The molecule has 0 amide bonds. The van der Waals surface area contributed by atoms with Crippen LogP contribution in [-0.4, -0.2) is 22.5 Å². The maximum atomic E-state index is 10.3. The Morgan fingerprint density at radius 2 is 2.19 bits per heavy atom. The van der Waals surface area contributed by atoms with Crippen molar-refractivity contribution in [3.63, 3.8) is 0 Å². The highest BCUT2D eigenvalue weighted by Crippen LogP contribution is 2.31. The van der Waals surface area contributed by atoms with E-state index in [4.69, 9.17) is 9.47 Å². The van der Waals surface area contributed by atoms with Crippen molar-refractivity contribution in [2.75, 3.05) is 13.7 Å². The van der Waals surface area contributed by atoms with Crippen molar-refractivity contribution in [2.24, 2.45) is 0 Å². The fourth-order valence-electron chi connectivity index (χ4n) is 1.26. The van der Waals surface area contributed by atoms with E-state index in [0.29, 0.717) is 23.7 Å². The van der Waals surface area contributed by atoms with Crippen molar-refractivity contribution in [2.45, 2.75) is 13.5 Å². The Morgan fingerprint density at radius 1 is 1.44 bits per heavy atom. The summed E-state index contributed by atoms with van der Waals surface area (Å²) < 4.78 is 35.6. The second kappa shape index (κ2) is 6.47. The Hall–Kier alpha value is -1.11. The SMILES string of the molecule is CCOc1c(COS(=O)[O-])cccc1OC. The molecule has 1 atom stereocenters. The van der Waals surface area contributed by atoms with E-state index >= 15 is 0 Å². The first kappa shape index (κ1) is 13.0. The fraction of sp³-hybridized carbons (Fsp3) is 0.400. The minimum absolute atomic E-state index is 0.0668. The first-order valence-corrected chi connectivity index (χ1v) is 5.70. The number of ether oxygens (including phenoxy) is 2. The Labute approximate surface area is 96.8 Å². The van der Waals surface area contributed by atoms with Gasteiger partial charge < -0.3 is 14.0 Å². The molecule has 1 rings (SSSR count). The molecule has 6 heteroatoms. The summed E-state index contributed by atoms with van der Waals surface area (Å²) in [5.74, 6) is 1.07. The second-order valence-electron chi connectivity index (χ2n) is 2.85. The second-order valence-corrected chi connectivity index (χ2v) is 3.49. The first-order chi connectivity index (χ1) is 7.69. The molecular weight excluding hydrogens is 232 g/mol. The third kappa shape index (κ3) is 3.48. The first-order valence-electron chi connectivity index (χ1n) is 4.70. The highest BCUT2D eigenvalue weighted by Gasteiger charge is 2.10. The number of para-hydroxylation sites is 1. The van der Waals surface area contributed by atoms with Crippen molar-refractivity contribution in [3.8, 4) is 11.5 Å². The van der Waals surface area contributed by atoms with Crippen LogP contribution in [0.2, 0.25) is 0 Å². The molecule has 1 unspecified atom stereocenters. The summed E-state index contributed by atoms with van der Waals surface area (Å²) >= 11 is -2.53. The standard InChI is InChI=1S/C10H14O5S/c1-3-14-10-8(7-15-16(11)12)5-4-6-9(10)13-2/h4-6H,3,7H2,1-2H3,(H,11,12)/p-1. The predicted octanol–water partition coefficient (Wildman–Crippen LogP) is 1.40. The van der Waals surface area contributed by atoms with Crippen LogP contribution in [0.5, 0.6) is 11.5 Å². The van der Waals surface area contributed by atoms with Crippen LogP contribution in [0.1, 0.15) is 12.5 Å². The molecule has 5 nitrogen and oxygen atoms in total. The molecule has 0 bridgehead atoms. The van der Waals surface area contributed by atoms with Gasteiger partial charge in [-0.25, -0.2) is 4.21 Å². The number of benzene rings is 1. The van der Waals surface area contributed by atoms with Gasteiger partial charge in [0.2, 0.25) is 0 Å². The third-order valence-electron chi connectivity index (χ3n) is 1.88. The van der Waals surface area contributed by atoms with E-state index < -0.39 is 11.4 Å². The van der Waals surface area contributed by atoms with Gasteiger partial charge in [-0.05, 0) is 13.0 Å². The van der Waals surface area contributed by atoms with Crippen LogP contribution < -0.4 is 9.47 Å². The molecule has 1 aromatic carbocycles. The summed E-state index contributed by atoms with van der Waals surface area (Å²) in [6.45, 7) is 2.24. The lowest BCUT2D eigenvalue weighted by molar-refractivity contribution is 0.270. The number of rotatable bonds is 6. The summed E-state index contributed by atoms with van der Waals surface area (Å²) in [5.41, 5.74) is 0.630. The average molecular weight is 245 g/mol. The van der Waals surface area contributed by atoms with Gasteiger partial charge in [0.25, 0.3) is 0 Å². The summed E-state index contributed by atoms with van der Waals surface area (Å²) in [7, 11) is 1.52. The minimum atomic E-state index is -2.53. The summed E-state index contributed by atoms with van der Waals surface area (Å²) in [5, 5.41) is 0. The highest BCUT2D eigenvalue weighted by molar-refractivity contribution is 7.74. The van der Waals surface area contributed by atoms with Gasteiger partial charge in [-0.2, -0.15) is 0 Å². The van der Waals surface area contributed by atoms with E-state index in [1.165, 1.54) is 7.11 Å². The van der Waals surface area contributed by atoms with E-state index in [-0.39, 0.29) is 6.61 Å². The highest BCUT2D eigenvalue weighted by atomic mass is 32.2. The monoisotopic (exact) mass is 245 g/mol. The molecular formula is C10H13O5S-. The van der Waals surface area contributed by atoms with E-state index in [0.717, 1.165) is 0 Å². The molecule has 1 aromatic rings. The zero-order valence-corrected chi connectivity index (χ0v) is 9.91. The maximum Gasteiger partial charge on any atom is 0.166 e. The maximum absolute atomic E-state index is 10.3. The molecule has 16 heavy (non-hydrogen) atoms. The predicted molar refractivity (Wildman–Crippen MR) is 57.9 cm³/mol. The molecule has 0 aliphatic carbocycles.